The SMILES string of the molecule is COC(=O)CO/N=C/N(C)C. The van der Waals surface area contributed by atoms with Gasteiger partial charge in [0.25, 0.3) is 0 Å². The van der Waals surface area contributed by atoms with Crippen LogP contribution in [0.4, 0.5) is 0 Å². The molecule has 0 saturated heterocycles. The van der Waals surface area contributed by atoms with E-state index in [0.29, 0.717) is 0 Å². The number of methoxy groups -OCH3 is 1. The molecule has 5 nitrogen and oxygen atoms in total. The summed E-state index contributed by atoms with van der Waals surface area (Å²) in [6.45, 7) is -0.152. The Morgan fingerprint density at radius 3 is 2.73 bits per heavy atom. The highest BCUT2D eigenvalue weighted by atomic mass is 16.6. The first-order chi connectivity index (χ1) is 5.16. The molecule has 0 aliphatic rings. The number of nitrogens with zero attached hydrogens (tertiary/aromatic N) is 2. The predicted molar refractivity (Wildman–Crippen MR) is 40.1 cm³/mol. The van der Waals surface area contributed by atoms with Crippen LogP contribution in [0.25, 0.3) is 0 Å². The first-order valence-corrected chi connectivity index (χ1v) is 3.05. The molecule has 0 aromatic heterocycles. The molecule has 0 amide bonds. The van der Waals surface area contributed by atoms with Crippen LogP contribution in [0.3, 0.4) is 0 Å². The summed E-state index contributed by atoms with van der Waals surface area (Å²) in [6.07, 6.45) is 1.45. The molecule has 0 aliphatic heterocycles. The predicted octanol–water partition coefficient (Wildman–Crippen LogP) is -0.319. The summed E-state index contributed by atoms with van der Waals surface area (Å²) >= 11 is 0. The summed E-state index contributed by atoms with van der Waals surface area (Å²) in [5.41, 5.74) is 0. The van der Waals surface area contributed by atoms with Crippen molar-refractivity contribution in [3.05, 3.63) is 0 Å². The highest BCUT2D eigenvalue weighted by molar-refractivity contribution is 5.70. The molecule has 0 fully saturated rings. The largest absolute Gasteiger partial charge is 0.466 e. The lowest BCUT2D eigenvalue weighted by atomic mass is 10.7. The molecule has 0 aliphatic carbocycles. The van der Waals surface area contributed by atoms with Gasteiger partial charge in [-0.1, -0.05) is 5.16 Å². The van der Waals surface area contributed by atoms with Gasteiger partial charge in [0.2, 0.25) is 6.61 Å². The second kappa shape index (κ2) is 5.52. The minimum absolute atomic E-state index is 0.152. The van der Waals surface area contributed by atoms with Crippen LogP contribution in [0.1, 0.15) is 0 Å². The molecule has 0 bridgehead atoms. The zero-order valence-corrected chi connectivity index (χ0v) is 6.90. The van der Waals surface area contributed by atoms with E-state index >= 15 is 0 Å². The summed E-state index contributed by atoms with van der Waals surface area (Å²) in [5, 5.41) is 3.46. The fraction of sp³-hybridized carbons (Fsp3) is 0.667. The van der Waals surface area contributed by atoms with Crippen molar-refractivity contribution in [2.24, 2.45) is 5.16 Å². The van der Waals surface area contributed by atoms with Gasteiger partial charge in [-0.15, -0.1) is 0 Å². The maximum absolute atomic E-state index is 10.4. The van der Waals surface area contributed by atoms with Crippen LogP contribution < -0.4 is 0 Å². The summed E-state index contributed by atoms with van der Waals surface area (Å²) in [4.78, 5) is 16.7. The average molecular weight is 160 g/mol. The number of carbonyl (C=O) groups excluding carboxylic acids is 1. The fourth-order valence-corrected chi connectivity index (χ4v) is 0.277. The number of esters is 1. The number of hydrogen-bond acceptors (Lipinski definition) is 4. The van der Waals surface area contributed by atoms with Crippen molar-refractivity contribution in [1.82, 2.24) is 4.90 Å². The van der Waals surface area contributed by atoms with Gasteiger partial charge in [-0.25, -0.2) is 4.79 Å². The molecule has 5 heteroatoms. The maximum Gasteiger partial charge on any atom is 0.346 e. The van der Waals surface area contributed by atoms with Crippen LogP contribution in [-0.2, 0) is 14.4 Å². The minimum Gasteiger partial charge on any atom is -0.466 e. The Kier molecular flexibility index (Phi) is 4.89. The summed E-state index contributed by atoms with van der Waals surface area (Å²) in [5.74, 6) is -0.444. The number of ether oxygens (including phenoxy) is 1. The van der Waals surface area contributed by atoms with Crippen molar-refractivity contribution in [2.45, 2.75) is 0 Å². The molecule has 0 radical (unpaired) electrons. The summed E-state index contributed by atoms with van der Waals surface area (Å²) < 4.78 is 4.31. The van der Waals surface area contributed by atoms with Crippen LogP contribution in [-0.4, -0.2) is 45.0 Å². The number of rotatable bonds is 4. The number of carbonyl (C=O) groups is 1. The van der Waals surface area contributed by atoms with Gasteiger partial charge in [-0.05, 0) is 0 Å². The third kappa shape index (κ3) is 6.63. The quantitative estimate of drug-likeness (QED) is 0.245. The third-order valence-electron chi connectivity index (χ3n) is 0.763. The highest BCUT2D eigenvalue weighted by Crippen LogP contribution is 1.78. The van der Waals surface area contributed by atoms with Crippen LogP contribution in [0.5, 0.6) is 0 Å². The Labute approximate surface area is 65.6 Å². The lowest BCUT2D eigenvalue weighted by Crippen LogP contribution is -2.11. The van der Waals surface area contributed by atoms with E-state index in [0.717, 1.165) is 0 Å². The third-order valence-corrected chi connectivity index (χ3v) is 0.763. The van der Waals surface area contributed by atoms with Gasteiger partial charge in [-0.2, -0.15) is 0 Å². The van der Waals surface area contributed by atoms with Crippen molar-refractivity contribution in [3.63, 3.8) is 0 Å². The normalized spacial score (nSPS) is 9.73. The molecular formula is C6H12N2O3. The van der Waals surface area contributed by atoms with Crippen LogP contribution >= 0.6 is 0 Å². The van der Waals surface area contributed by atoms with Crippen molar-refractivity contribution in [3.8, 4) is 0 Å². The van der Waals surface area contributed by atoms with Crippen LogP contribution in [0, 0.1) is 0 Å². The van der Waals surface area contributed by atoms with E-state index in [4.69, 9.17) is 0 Å². The molecule has 0 spiro atoms. The maximum atomic E-state index is 10.4. The van der Waals surface area contributed by atoms with Crippen molar-refractivity contribution in [1.29, 1.82) is 0 Å². The Bertz CT molecular complexity index is 145. The van der Waals surface area contributed by atoms with Crippen molar-refractivity contribution in [2.75, 3.05) is 27.8 Å². The molecule has 64 valence electrons. The van der Waals surface area contributed by atoms with Gasteiger partial charge >= 0.3 is 5.97 Å². The monoisotopic (exact) mass is 160 g/mol. The standard InChI is InChI=1S/C6H12N2O3/c1-8(2)5-7-11-4-6(9)10-3/h5H,4H2,1-3H3/b7-5+. The zero-order chi connectivity index (χ0) is 8.69. The van der Waals surface area contributed by atoms with Crippen LogP contribution in [0.2, 0.25) is 0 Å². The molecular weight excluding hydrogens is 148 g/mol. The highest BCUT2D eigenvalue weighted by Gasteiger charge is 1.97. The fourth-order valence-electron chi connectivity index (χ4n) is 0.277. The first-order valence-electron chi connectivity index (χ1n) is 3.05. The molecule has 0 unspecified atom stereocenters. The Morgan fingerprint density at radius 1 is 1.64 bits per heavy atom. The minimum atomic E-state index is -0.444. The molecule has 0 N–H and O–H groups in total. The van der Waals surface area contributed by atoms with Crippen molar-refractivity contribution >= 4 is 12.3 Å². The average Bonchev–Trinajstić information content (AvgIpc) is 1.97. The Balaban J connectivity index is 3.34. The molecule has 0 rings (SSSR count). The molecule has 0 atom stereocenters. The Hall–Kier alpha value is -1.26. The molecule has 0 aromatic rings. The lowest BCUT2D eigenvalue weighted by molar-refractivity contribution is -0.145. The van der Waals surface area contributed by atoms with Crippen LogP contribution in [0.15, 0.2) is 5.16 Å². The number of oxime groups is 1. The van der Waals surface area contributed by atoms with Crippen molar-refractivity contribution < 1.29 is 14.4 Å². The van der Waals surface area contributed by atoms with E-state index in [1.165, 1.54) is 13.4 Å². The van der Waals surface area contributed by atoms with Gasteiger partial charge in [0.1, 0.15) is 6.34 Å². The topological polar surface area (TPSA) is 51.1 Å². The molecule has 0 aromatic carbocycles. The first kappa shape index (κ1) is 9.74. The van der Waals surface area contributed by atoms with Gasteiger partial charge < -0.3 is 14.5 Å². The van der Waals surface area contributed by atoms with E-state index in [1.54, 1.807) is 19.0 Å². The molecule has 11 heavy (non-hydrogen) atoms. The van der Waals surface area contributed by atoms with E-state index < -0.39 is 5.97 Å². The van der Waals surface area contributed by atoms with E-state index in [-0.39, 0.29) is 6.61 Å². The summed E-state index contributed by atoms with van der Waals surface area (Å²) in [6, 6.07) is 0. The second-order valence-corrected chi connectivity index (χ2v) is 2.03. The van der Waals surface area contributed by atoms with Gasteiger partial charge in [0.15, 0.2) is 0 Å². The zero-order valence-electron chi connectivity index (χ0n) is 6.90. The van der Waals surface area contributed by atoms with Gasteiger partial charge in [0, 0.05) is 14.1 Å². The summed E-state index contributed by atoms with van der Waals surface area (Å²) in [7, 11) is 4.89. The smallest absolute Gasteiger partial charge is 0.346 e. The Morgan fingerprint density at radius 2 is 2.27 bits per heavy atom. The molecule has 0 heterocycles. The van der Waals surface area contributed by atoms with E-state index in [2.05, 4.69) is 14.7 Å². The lowest BCUT2D eigenvalue weighted by Gasteiger charge is -2.01. The van der Waals surface area contributed by atoms with Gasteiger partial charge in [0.05, 0.1) is 7.11 Å². The van der Waals surface area contributed by atoms with E-state index in [9.17, 15) is 4.79 Å². The van der Waals surface area contributed by atoms with E-state index in [1.807, 2.05) is 0 Å². The number of hydrogen-bond donors (Lipinski definition) is 0. The second-order valence-electron chi connectivity index (χ2n) is 2.03. The molecule has 0 saturated carbocycles. The van der Waals surface area contributed by atoms with Gasteiger partial charge in [-0.3, -0.25) is 0 Å².